The molecule has 9 heteroatoms. The molecule has 0 aliphatic rings. The Morgan fingerprint density at radius 3 is 2.55 bits per heavy atom. The minimum Gasteiger partial charge on any atom is -0.494 e. The van der Waals surface area contributed by atoms with E-state index >= 15 is 0 Å². The van der Waals surface area contributed by atoms with Gasteiger partial charge in [0.15, 0.2) is 12.4 Å². The quantitative estimate of drug-likeness (QED) is 0.152. The van der Waals surface area contributed by atoms with Crippen molar-refractivity contribution >= 4 is 39.0 Å². The fourth-order valence-electron chi connectivity index (χ4n) is 4.29. The maximum atomic E-state index is 13.8. The number of benzene rings is 3. The van der Waals surface area contributed by atoms with Gasteiger partial charge in [-0.25, -0.2) is 9.78 Å². The third kappa shape index (κ3) is 6.42. The number of esters is 1. The van der Waals surface area contributed by atoms with Gasteiger partial charge in [-0.3, -0.25) is 4.79 Å². The zero-order valence-electron chi connectivity index (χ0n) is 23.2. The average Bonchev–Trinajstić information content (AvgIpc) is 2.92. The van der Waals surface area contributed by atoms with Gasteiger partial charge in [-0.15, -0.1) is 0 Å². The number of para-hydroxylation sites is 1. The fraction of sp³-hybridized carbons (Fsp3) is 0.290. The lowest BCUT2D eigenvalue weighted by atomic mass is 9.96. The molecule has 0 spiro atoms. The molecule has 0 amide bonds. The van der Waals surface area contributed by atoms with Crippen LogP contribution < -0.4 is 15.0 Å². The van der Waals surface area contributed by atoms with E-state index in [2.05, 4.69) is 34.9 Å². The molecule has 208 valence electrons. The first kappa shape index (κ1) is 29.0. The van der Waals surface area contributed by atoms with E-state index in [1.165, 1.54) is 10.9 Å². The number of nitrogens with zero attached hydrogens (tertiary/aromatic N) is 3. The molecule has 0 saturated carbocycles. The zero-order chi connectivity index (χ0) is 28.8. The summed E-state index contributed by atoms with van der Waals surface area (Å²) in [6.45, 7) is 10.4. The lowest BCUT2D eigenvalue weighted by Gasteiger charge is -2.18. The van der Waals surface area contributed by atoms with E-state index in [0.717, 1.165) is 26.9 Å². The molecule has 40 heavy (non-hydrogen) atoms. The number of halogens is 1. The molecule has 0 unspecified atom stereocenters. The molecule has 0 atom stereocenters. The molecule has 1 aromatic heterocycles. The number of hydrogen-bond acceptors (Lipinski definition) is 7. The molecular weight excluding hydrogens is 574 g/mol. The largest absolute Gasteiger partial charge is 0.494 e. The Morgan fingerprint density at radius 2 is 1.82 bits per heavy atom. The summed E-state index contributed by atoms with van der Waals surface area (Å²) in [5.74, 6) is 1.35. The van der Waals surface area contributed by atoms with Crippen LogP contribution in [0, 0.1) is 6.92 Å². The second-order valence-corrected chi connectivity index (χ2v) is 10.3. The van der Waals surface area contributed by atoms with Crippen molar-refractivity contribution in [2.24, 2.45) is 5.10 Å². The van der Waals surface area contributed by atoms with Gasteiger partial charge < -0.3 is 14.2 Å². The summed E-state index contributed by atoms with van der Waals surface area (Å²) in [6, 6.07) is 16.5. The third-order valence-corrected chi connectivity index (χ3v) is 6.70. The van der Waals surface area contributed by atoms with E-state index in [1.807, 2.05) is 38.1 Å². The third-order valence-electron chi connectivity index (χ3n) is 6.21. The van der Waals surface area contributed by atoms with Gasteiger partial charge in [0.1, 0.15) is 11.5 Å². The predicted molar refractivity (Wildman–Crippen MR) is 161 cm³/mol. The Kier molecular flexibility index (Phi) is 9.37. The van der Waals surface area contributed by atoms with Crippen molar-refractivity contribution in [1.82, 2.24) is 9.66 Å². The van der Waals surface area contributed by atoms with Gasteiger partial charge in [-0.2, -0.15) is 9.78 Å². The summed E-state index contributed by atoms with van der Waals surface area (Å²) in [7, 11) is 0. The smallest absolute Gasteiger partial charge is 0.344 e. The van der Waals surface area contributed by atoms with E-state index in [0.29, 0.717) is 34.6 Å². The molecule has 0 saturated heterocycles. The Balaban J connectivity index is 1.88. The maximum absolute atomic E-state index is 13.8. The highest BCUT2D eigenvalue weighted by Gasteiger charge is 2.19. The van der Waals surface area contributed by atoms with Gasteiger partial charge in [0.25, 0.3) is 5.56 Å². The van der Waals surface area contributed by atoms with Crippen molar-refractivity contribution in [3.8, 4) is 22.9 Å². The van der Waals surface area contributed by atoms with Gasteiger partial charge in [0.2, 0.25) is 0 Å². The first-order valence-electron chi connectivity index (χ1n) is 13.1. The maximum Gasteiger partial charge on any atom is 0.344 e. The van der Waals surface area contributed by atoms with Crippen LogP contribution in [0.25, 0.3) is 22.3 Å². The second kappa shape index (κ2) is 12.9. The highest BCUT2D eigenvalue weighted by atomic mass is 79.9. The van der Waals surface area contributed by atoms with E-state index in [-0.39, 0.29) is 24.7 Å². The van der Waals surface area contributed by atoms with E-state index < -0.39 is 5.97 Å². The zero-order valence-corrected chi connectivity index (χ0v) is 24.8. The van der Waals surface area contributed by atoms with Crippen LogP contribution >= 0.6 is 15.9 Å². The van der Waals surface area contributed by atoms with Crippen molar-refractivity contribution in [3.63, 3.8) is 0 Å². The lowest BCUT2D eigenvalue weighted by molar-refractivity contribution is -0.145. The van der Waals surface area contributed by atoms with Gasteiger partial charge in [0.05, 0.1) is 30.3 Å². The van der Waals surface area contributed by atoms with Crippen molar-refractivity contribution < 1.29 is 19.0 Å². The van der Waals surface area contributed by atoms with Crippen LogP contribution in [0.1, 0.15) is 50.3 Å². The Bertz CT molecular complexity index is 1630. The minimum atomic E-state index is -0.475. The predicted octanol–water partition coefficient (Wildman–Crippen LogP) is 6.48. The first-order chi connectivity index (χ1) is 19.2. The summed E-state index contributed by atoms with van der Waals surface area (Å²) < 4.78 is 18.7. The van der Waals surface area contributed by atoms with Crippen LogP contribution in [-0.2, 0) is 9.53 Å². The monoisotopic (exact) mass is 605 g/mol. The van der Waals surface area contributed by atoms with Crippen molar-refractivity contribution in [2.75, 3.05) is 19.8 Å². The summed E-state index contributed by atoms with van der Waals surface area (Å²) in [5, 5.41) is 5.06. The minimum absolute atomic E-state index is 0.186. The number of carbonyl (C=O) groups is 1. The number of hydrogen-bond donors (Lipinski definition) is 0. The van der Waals surface area contributed by atoms with Crippen LogP contribution in [0.15, 0.2) is 69.0 Å². The van der Waals surface area contributed by atoms with Crippen molar-refractivity contribution in [3.05, 3.63) is 86.1 Å². The van der Waals surface area contributed by atoms with E-state index in [4.69, 9.17) is 19.2 Å². The molecule has 0 radical (unpaired) electrons. The van der Waals surface area contributed by atoms with Crippen LogP contribution in [-0.4, -0.2) is 41.7 Å². The molecule has 0 N–H and O–H groups in total. The van der Waals surface area contributed by atoms with Gasteiger partial charge in [0, 0.05) is 15.6 Å². The summed E-state index contributed by atoms with van der Waals surface area (Å²) >= 11 is 3.47. The number of rotatable bonds is 10. The first-order valence-corrected chi connectivity index (χ1v) is 13.9. The van der Waals surface area contributed by atoms with Crippen molar-refractivity contribution in [2.45, 2.75) is 40.5 Å². The second-order valence-electron chi connectivity index (χ2n) is 9.38. The summed E-state index contributed by atoms with van der Waals surface area (Å²) in [6.07, 6.45) is 1.53. The SMILES string of the molecule is CCOC(=O)COc1ccc(Br)cc1C=Nn1c(-c2cc(C(C)C)c(OCC)cc2C)nc2ccccc2c1=O. The molecule has 0 aliphatic carbocycles. The summed E-state index contributed by atoms with van der Waals surface area (Å²) in [5.41, 5.74) is 3.53. The Morgan fingerprint density at radius 1 is 1.05 bits per heavy atom. The van der Waals surface area contributed by atoms with E-state index in [9.17, 15) is 9.59 Å². The number of aromatic nitrogens is 2. The lowest BCUT2D eigenvalue weighted by Crippen LogP contribution is -2.21. The molecule has 4 rings (SSSR count). The average molecular weight is 607 g/mol. The standard InChI is InChI=1S/C31H32BrN3O5/c1-6-38-28-14-20(5)25(16-24(28)19(3)4)30-34-26-11-9-8-10-23(26)31(37)35(30)33-17-21-15-22(32)12-13-27(21)40-18-29(36)39-7-2/h8-17,19H,6-7,18H2,1-5H3. The number of fused-ring (bicyclic) bond motifs is 1. The Hall–Kier alpha value is -3.98. The van der Waals surface area contributed by atoms with Crippen LogP contribution in [0.4, 0.5) is 0 Å². The molecule has 0 bridgehead atoms. The number of carbonyl (C=O) groups excluding carboxylic acids is 1. The summed E-state index contributed by atoms with van der Waals surface area (Å²) in [4.78, 5) is 30.5. The topological polar surface area (TPSA) is 92.0 Å². The normalized spacial score (nSPS) is 11.4. The van der Waals surface area contributed by atoms with E-state index in [1.54, 1.807) is 37.3 Å². The molecule has 1 heterocycles. The highest BCUT2D eigenvalue weighted by molar-refractivity contribution is 9.10. The molecule has 3 aromatic carbocycles. The van der Waals surface area contributed by atoms with Crippen LogP contribution in [0.3, 0.4) is 0 Å². The molecule has 0 aliphatic heterocycles. The number of aryl methyl sites for hydroxylation is 1. The molecule has 8 nitrogen and oxygen atoms in total. The molecule has 4 aromatic rings. The van der Waals surface area contributed by atoms with Crippen LogP contribution in [0.2, 0.25) is 0 Å². The van der Waals surface area contributed by atoms with Gasteiger partial charge >= 0.3 is 5.97 Å². The Labute approximate surface area is 241 Å². The number of ether oxygens (including phenoxy) is 3. The molecular formula is C31H32BrN3O5. The van der Waals surface area contributed by atoms with Crippen LogP contribution in [0.5, 0.6) is 11.5 Å². The van der Waals surface area contributed by atoms with Gasteiger partial charge in [-0.05, 0) is 80.3 Å². The highest BCUT2D eigenvalue weighted by Crippen LogP contribution is 2.34. The fourth-order valence-corrected chi connectivity index (χ4v) is 4.67. The van der Waals surface area contributed by atoms with Gasteiger partial charge in [-0.1, -0.05) is 41.9 Å². The molecule has 0 fully saturated rings. The van der Waals surface area contributed by atoms with Crippen molar-refractivity contribution in [1.29, 1.82) is 0 Å².